The van der Waals surface area contributed by atoms with Gasteiger partial charge in [-0.3, -0.25) is 4.98 Å². The van der Waals surface area contributed by atoms with E-state index in [1.807, 2.05) is 19.2 Å². The number of rotatable bonds is 5. The van der Waals surface area contributed by atoms with Crippen LogP contribution in [0.4, 0.5) is 4.39 Å². The molecule has 0 radical (unpaired) electrons. The van der Waals surface area contributed by atoms with Crippen LogP contribution < -0.4 is 5.32 Å². The second kappa shape index (κ2) is 6.95. The molecule has 1 atom stereocenters. The number of pyridine rings is 1. The number of nitrogens with one attached hydrogen (secondary N) is 1. The second-order valence-electron chi connectivity index (χ2n) is 4.81. The number of hydrogen-bond donors (Lipinski definition) is 1. The van der Waals surface area contributed by atoms with Crippen molar-refractivity contribution in [3.05, 3.63) is 63.6 Å². The maximum absolute atomic E-state index is 13.4. The fourth-order valence-electron chi connectivity index (χ4n) is 2.20. The van der Waals surface area contributed by atoms with E-state index in [2.05, 4.69) is 39.2 Å². The maximum atomic E-state index is 13.4. The van der Waals surface area contributed by atoms with Gasteiger partial charge in [0.25, 0.3) is 0 Å². The Hall–Kier alpha value is -1.26. The maximum Gasteiger partial charge on any atom is 0.123 e. The molecule has 0 fully saturated rings. The summed E-state index contributed by atoms with van der Waals surface area (Å²) >= 11 is 3.48. The second-order valence-corrected chi connectivity index (χ2v) is 5.66. The van der Waals surface area contributed by atoms with Gasteiger partial charge < -0.3 is 5.32 Å². The third-order valence-electron chi connectivity index (χ3n) is 3.18. The first-order valence-electron chi connectivity index (χ1n) is 6.70. The standard InChI is InChI=1S/C16H18BrFN2/c1-3-19-16(15-8-11(2)6-7-20-15)10-12-9-13(18)4-5-14(12)17/h4-9,16,19H,3,10H2,1-2H3. The molecule has 2 aromatic rings. The van der Waals surface area contributed by atoms with Crippen LogP contribution in [0.5, 0.6) is 0 Å². The van der Waals surface area contributed by atoms with E-state index >= 15 is 0 Å². The summed E-state index contributed by atoms with van der Waals surface area (Å²) in [5.41, 5.74) is 3.11. The van der Waals surface area contributed by atoms with Gasteiger partial charge in [0, 0.05) is 10.7 Å². The van der Waals surface area contributed by atoms with Crippen LogP contribution in [0.1, 0.15) is 29.8 Å². The van der Waals surface area contributed by atoms with E-state index in [9.17, 15) is 4.39 Å². The van der Waals surface area contributed by atoms with Gasteiger partial charge in [-0.25, -0.2) is 4.39 Å². The third-order valence-corrected chi connectivity index (χ3v) is 3.95. The minimum absolute atomic E-state index is 0.0815. The molecule has 1 heterocycles. The van der Waals surface area contributed by atoms with Crippen molar-refractivity contribution in [1.29, 1.82) is 0 Å². The Labute approximate surface area is 127 Å². The molecule has 0 saturated carbocycles. The molecule has 0 saturated heterocycles. The van der Waals surface area contributed by atoms with Gasteiger partial charge in [-0.1, -0.05) is 22.9 Å². The minimum atomic E-state index is -0.212. The van der Waals surface area contributed by atoms with Crippen molar-refractivity contribution >= 4 is 15.9 Å². The highest BCUT2D eigenvalue weighted by Gasteiger charge is 2.15. The van der Waals surface area contributed by atoms with Crippen LogP contribution in [-0.2, 0) is 6.42 Å². The van der Waals surface area contributed by atoms with E-state index in [0.29, 0.717) is 6.42 Å². The smallest absolute Gasteiger partial charge is 0.123 e. The molecule has 106 valence electrons. The summed E-state index contributed by atoms with van der Waals surface area (Å²) in [5, 5.41) is 3.42. The molecule has 20 heavy (non-hydrogen) atoms. The summed E-state index contributed by atoms with van der Waals surface area (Å²) in [6.45, 7) is 4.95. The van der Waals surface area contributed by atoms with Gasteiger partial charge in [-0.05, 0) is 61.3 Å². The Morgan fingerprint density at radius 3 is 2.80 bits per heavy atom. The van der Waals surface area contributed by atoms with Crippen molar-refractivity contribution in [1.82, 2.24) is 10.3 Å². The van der Waals surface area contributed by atoms with Crippen molar-refractivity contribution in [3.63, 3.8) is 0 Å². The Morgan fingerprint density at radius 1 is 1.30 bits per heavy atom. The minimum Gasteiger partial charge on any atom is -0.309 e. The van der Waals surface area contributed by atoms with Crippen molar-refractivity contribution in [2.24, 2.45) is 0 Å². The van der Waals surface area contributed by atoms with E-state index in [1.165, 1.54) is 11.6 Å². The van der Waals surface area contributed by atoms with Crippen LogP contribution in [0.15, 0.2) is 41.0 Å². The lowest BCUT2D eigenvalue weighted by molar-refractivity contribution is 0.533. The topological polar surface area (TPSA) is 24.9 Å². The fourth-order valence-corrected chi connectivity index (χ4v) is 2.61. The molecule has 2 rings (SSSR count). The third kappa shape index (κ3) is 3.87. The van der Waals surface area contributed by atoms with Crippen LogP contribution >= 0.6 is 15.9 Å². The van der Waals surface area contributed by atoms with Gasteiger partial charge in [-0.2, -0.15) is 0 Å². The first-order chi connectivity index (χ1) is 9.60. The van der Waals surface area contributed by atoms with Gasteiger partial charge >= 0.3 is 0 Å². The molecule has 0 aliphatic rings. The van der Waals surface area contributed by atoms with Crippen molar-refractivity contribution in [2.45, 2.75) is 26.3 Å². The normalized spacial score (nSPS) is 12.4. The zero-order chi connectivity index (χ0) is 14.5. The van der Waals surface area contributed by atoms with Crippen molar-refractivity contribution < 1.29 is 4.39 Å². The molecule has 0 aliphatic carbocycles. The average Bonchev–Trinajstić information content (AvgIpc) is 2.42. The largest absolute Gasteiger partial charge is 0.309 e. The summed E-state index contributed by atoms with van der Waals surface area (Å²) in [4.78, 5) is 4.44. The van der Waals surface area contributed by atoms with Gasteiger partial charge in [0.1, 0.15) is 5.82 Å². The van der Waals surface area contributed by atoms with Gasteiger partial charge in [-0.15, -0.1) is 0 Å². The molecule has 0 spiro atoms. The zero-order valence-electron chi connectivity index (χ0n) is 11.7. The Kier molecular flexibility index (Phi) is 5.26. The molecule has 0 aliphatic heterocycles. The highest BCUT2D eigenvalue weighted by molar-refractivity contribution is 9.10. The molecule has 1 aromatic carbocycles. The predicted molar refractivity (Wildman–Crippen MR) is 83.2 cm³/mol. The number of hydrogen-bond acceptors (Lipinski definition) is 2. The van der Waals surface area contributed by atoms with Crippen LogP contribution in [0.3, 0.4) is 0 Å². The fraction of sp³-hybridized carbons (Fsp3) is 0.312. The zero-order valence-corrected chi connectivity index (χ0v) is 13.2. The predicted octanol–water partition coefficient (Wildman–Crippen LogP) is 4.18. The lowest BCUT2D eigenvalue weighted by Crippen LogP contribution is -2.24. The van der Waals surface area contributed by atoms with Crippen LogP contribution in [0.2, 0.25) is 0 Å². The van der Waals surface area contributed by atoms with Gasteiger partial charge in [0.2, 0.25) is 0 Å². The monoisotopic (exact) mass is 336 g/mol. The van der Waals surface area contributed by atoms with E-state index < -0.39 is 0 Å². The average molecular weight is 337 g/mol. The molecule has 1 unspecified atom stereocenters. The van der Waals surface area contributed by atoms with Gasteiger partial charge in [0.15, 0.2) is 0 Å². The number of likely N-dealkylation sites (N-methyl/N-ethyl adjacent to an activating group) is 1. The molecule has 1 aromatic heterocycles. The van der Waals surface area contributed by atoms with E-state index in [1.54, 1.807) is 12.1 Å². The summed E-state index contributed by atoms with van der Waals surface area (Å²) < 4.78 is 14.3. The lowest BCUT2D eigenvalue weighted by Gasteiger charge is -2.18. The van der Waals surface area contributed by atoms with Crippen LogP contribution in [0.25, 0.3) is 0 Å². The van der Waals surface area contributed by atoms with Crippen molar-refractivity contribution in [2.75, 3.05) is 6.54 Å². The Balaban J connectivity index is 2.27. The highest BCUT2D eigenvalue weighted by Crippen LogP contribution is 2.24. The van der Waals surface area contributed by atoms with E-state index in [-0.39, 0.29) is 11.9 Å². The SMILES string of the molecule is CCNC(Cc1cc(F)ccc1Br)c1cc(C)ccn1. The van der Waals surface area contributed by atoms with Crippen LogP contribution in [-0.4, -0.2) is 11.5 Å². The molecular formula is C16H18BrFN2. The number of aryl methyl sites for hydroxylation is 1. The molecular weight excluding hydrogens is 319 g/mol. The number of halogens is 2. The highest BCUT2D eigenvalue weighted by atomic mass is 79.9. The summed E-state index contributed by atoms with van der Waals surface area (Å²) in [6.07, 6.45) is 2.51. The van der Waals surface area contributed by atoms with Crippen molar-refractivity contribution in [3.8, 4) is 0 Å². The summed E-state index contributed by atoms with van der Waals surface area (Å²) in [6, 6.07) is 8.91. The summed E-state index contributed by atoms with van der Waals surface area (Å²) in [7, 11) is 0. The molecule has 4 heteroatoms. The first-order valence-corrected chi connectivity index (χ1v) is 7.49. The van der Waals surface area contributed by atoms with Gasteiger partial charge in [0.05, 0.1) is 11.7 Å². The quantitative estimate of drug-likeness (QED) is 0.885. The lowest BCUT2D eigenvalue weighted by atomic mass is 10.0. The molecule has 0 bridgehead atoms. The van der Waals surface area contributed by atoms with E-state index in [4.69, 9.17) is 0 Å². The Bertz CT molecular complexity index is 586. The molecule has 0 amide bonds. The first kappa shape index (κ1) is 15.1. The van der Waals surface area contributed by atoms with E-state index in [0.717, 1.165) is 22.3 Å². The molecule has 2 nitrogen and oxygen atoms in total. The molecule has 1 N–H and O–H groups in total. The number of nitrogens with zero attached hydrogens (tertiary/aromatic N) is 1. The number of aromatic nitrogens is 1. The Morgan fingerprint density at radius 2 is 2.10 bits per heavy atom. The number of benzene rings is 1. The van der Waals surface area contributed by atoms with Crippen LogP contribution in [0, 0.1) is 12.7 Å². The summed E-state index contributed by atoms with van der Waals surface area (Å²) in [5.74, 6) is -0.212.